The number of aliphatic carboxylic acids is 2. The van der Waals surface area contributed by atoms with Crippen molar-refractivity contribution in [3.05, 3.63) is 0 Å². The molecule has 6 nitrogen and oxygen atoms in total. The van der Waals surface area contributed by atoms with E-state index in [-0.39, 0.29) is 29.6 Å². The molecule has 0 saturated carbocycles. The molecule has 8 heteroatoms. The Hall–Kier alpha value is 0.130. The average Bonchev–Trinajstić information content (AvgIpc) is 1.98. The first kappa shape index (κ1) is 16.6. The van der Waals surface area contributed by atoms with Crippen molar-refractivity contribution >= 4 is 19.3 Å². The zero-order valence-electron chi connectivity index (χ0n) is 7.80. The van der Waals surface area contributed by atoms with E-state index in [0.717, 1.165) is 0 Å². The van der Waals surface area contributed by atoms with Gasteiger partial charge in [0.1, 0.15) is 0 Å². The Bertz CT molecular complexity index is 231. The normalized spacial score (nSPS) is 10.4. The summed E-state index contributed by atoms with van der Waals surface area (Å²) in [6, 6.07) is 0. The maximum absolute atomic E-state index is 10.9. The van der Waals surface area contributed by atoms with E-state index in [1.807, 2.05) is 0 Å². The van der Waals surface area contributed by atoms with Crippen LogP contribution in [-0.4, -0.2) is 34.5 Å². The van der Waals surface area contributed by atoms with E-state index in [2.05, 4.69) is 0 Å². The molecule has 0 aromatic heterocycles. The van der Waals surface area contributed by atoms with Crippen LogP contribution in [0.15, 0.2) is 0 Å². The second-order valence-corrected chi connectivity index (χ2v) is 5.07. The maximum Gasteiger partial charge on any atom is 1.00 e. The van der Waals surface area contributed by atoms with Crippen LogP contribution < -0.4 is 34.5 Å². The minimum absolute atomic E-state index is 0. The Kier molecular flexibility index (Phi) is 8.78. The molecule has 0 bridgehead atoms. The summed E-state index contributed by atoms with van der Waals surface area (Å²) in [6.45, 7) is 0. The quantitative estimate of drug-likeness (QED) is 0.364. The van der Waals surface area contributed by atoms with Crippen LogP contribution in [0.3, 0.4) is 0 Å². The number of hydrogen-bond acceptors (Lipinski definition) is 4. The molecule has 0 radical (unpaired) electrons. The van der Waals surface area contributed by atoms with Gasteiger partial charge in [-0.1, -0.05) is 0 Å². The third-order valence-corrected chi connectivity index (χ3v) is 3.14. The summed E-state index contributed by atoms with van der Waals surface area (Å²) in [5.74, 6) is -2.40. The molecule has 0 heterocycles. The maximum atomic E-state index is 10.9. The first-order chi connectivity index (χ1) is 5.83. The van der Waals surface area contributed by atoms with Crippen LogP contribution in [0.2, 0.25) is 0 Å². The molecule has 0 atom stereocenters. The van der Waals surface area contributed by atoms with E-state index in [1.54, 1.807) is 0 Å². The van der Waals surface area contributed by atoms with Crippen molar-refractivity contribution in [1.29, 1.82) is 0 Å². The monoisotopic (exact) mass is 232 g/mol. The minimum atomic E-state index is -3.81. The van der Waals surface area contributed by atoms with Crippen molar-refractivity contribution in [2.24, 2.45) is 0 Å². The Labute approximate surface area is 103 Å². The van der Waals surface area contributed by atoms with Gasteiger partial charge in [-0.15, -0.1) is 0 Å². The topological polar surface area (TPSA) is 115 Å². The summed E-state index contributed by atoms with van der Waals surface area (Å²) < 4.78 is 10.9. The summed E-state index contributed by atoms with van der Waals surface area (Å²) >= 11 is 0. The van der Waals surface area contributed by atoms with Gasteiger partial charge in [-0.05, 0) is 12.3 Å². The van der Waals surface area contributed by atoms with Gasteiger partial charge in [-0.3, -0.25) is 9.59 Å². The summed E-state index contributed by atoms with van der Waals surface area (Å²) in [5, 5.41) is 16.4. The van der Waals surface area contributed by atoms with Crippen LogP contribution in [0.1, 0.15) is 12.8 Å². The fraction of sp³-hybridized carbons (Fsp3) is 0.667. The largest absolute Gasteiger partial charge is 1.00 e. The van der Waals surface area contributed by atoms with Gasteiger partial charge in [0.05, 0.1) is 12.8 Å². The van der Waals surface area contributed by atoms with Gasteiger partial charge >= 0.3 is 41.5 Å². The van der Waals surface area contributed by atoms with Gasteiger partial charge in [0, 0.05) is 7.37 Å². The van der Waals surface area contributed by atoms with E-state index in [9.17, 15) is 19.0 Å². The van der Waals surface area contributed by atoms with E-state index >= 15 is 0 Å². The number of hydrogen-bond donors (Lipinski definition) is 2. The molecule has 2 N–H and O–H groups in total. The van der Waals surface area contributed by atoms with Gasteiger partial charge in [0.15, 0.2) is 0 Å². The van der Waals surface area contributed by atoms with Gasteiger partial charge in [-0.2, -0.15) is 0 Å². The van der Waals surface area contributed by atoms with Gasteiger partial charge in [0.25, 0.3) is 0 Å². The molecule has 14 heavy (non-hydrogen) atoms. The van der Waals surface area contributed by atoms with E-state index < -0.39 is 44.5 Å². The third kappa shape index (κ3) is 10.2. The van der Waals surface area contributed by atoms with Crippen LogP contribution in [0.5, 0.6) is 0 Å². The summed E-state index contributed by atoms with van der Waals surface area (Å²) in [6.07, 6.45) is -1.90. The first-order valence-electron chi connectivity index (χ1n) is 3.56. The molecular weight excluding hydrogens is 222 g/mol. The van der Waals surface area contributed by atoms with Crippen molar-refractivity contribution < 1.29 is 58.8 Å². The fourth-order valence-corrected chi connectivity index (χ4v) is 1.93. The van der Waals surface area contributed by atoms with Crippen LogP contribution in [0.25, 0.3) is 0 Å². The molecule has 76 valence electrons. The van der Waals surface area contributed by atoms with Crippen LogP contribution in [-0.2, 0) is 14.2 Å². The Morgan fingerprint density at radius 3 is 1.57 bits per heavy atom. The molecule has 0 spiro atoms. The smallest absolute Gasteiger partial charge is 0.799 e. The molecule has 0 rings (SSSR count). The minimum Gasteiger partial charge on any atom is -0.799 e. The first-order valence-corrected chi connectivity index (χ1v) is 5.56. The van der Waals surface area contributed by atoms with E-state index in [1.165, 1.54) is 0 Å². The molecule has 0 aromatic carbocycles. The third-order valence-electron chi connectivity index (χ3n) is 1.33. The van der Waals surface area contributed by atoms with Crippen molar-refractivity contribution in [2.45, 2.75) is 12.8 Å². The van der Waals surface area contributed by atoms with Gasteiger partial charge in [-0.25, -0.2) is 0 Å². The molecule has 0 aromatic rings. The molecule has 0 fully saturated rings. The summed E-state index contributed by atoms with van der Waals surface area (Å²) in [4.78, 5) is 31.0. The molecule has 0 aliphatic rings. The second-order valence-electron chi connectivity index (χ2n) is 2.55. The zero-order valence-corrected chi connectivity index (χ0v) is 10.7. The van der Waals surface area contributed by atoms with Crippen molar-refractivity contribution in [3.8, 4) is 0 Å². The summed E-state index contributed by atoms with van der Waals surface area (Å²) in [7, 11) is -3.81. The Morgan fingerprint density at radius 1 is 1.07 bits per heavy atom. The van der Waals surface area contributed by atoms with Crippen LogP contribution in [0.4, 0.5) is 0 Å². The molecule has 0 amide bonds. The van der Waals surface area contributed by atoms with Gasteiger partial charge in [0.2, 0.25) is 0 Å². The van der Waals surface area contributed by atoms with Crippen molar-refractivity contribution in [3.63, 3.8) is 0 Å². The fourth-order valence-electron chi connectivity index (χ4n) is 0.644. The van der Waals surface area contributed by atoms with Gasteiger partial charge < -0.3 is 19.7 Å². The number of carbonyl (C=O) groups is 2. The summed E-state index contributed by atoms with van der Waals surface area (Å²) in [5.41, 5.74) is 0. The Balaban J connectivity index is 0. The predicted octanol–water partition coefficient (Wildman–Crippen LogP) is -3.42. The van der Waals surface area contributed by atoms with E-state index in [4.69, 9.17) is 10.2 Å². The number of carboxylic acids is 2. The second kappa shape index (κ2) is 7.43. The predicted molar refractivity (Wildman–Crippen MR) is 41.8 cm³/mol. The van der Waals surface area contributed by atoms with Crippen LogP contribution in [0, 0.1) is 0 Å². The number of carboxylic acid groups (broad SMARTS) is 2. The molecule has 0 aliphatic carbocycles. The zero-order chi connectivity index (χ0) is 10.5. The average molecular weight is 232 g/mol. The number of rotatable bonds is 6. The standard InChI is InChI=1S/C6H11O6P.Na/c7-5(8)1-3-13(11,12)4-2-6(9)10;/h1-4H2,(H,7,8)(H,9,10)(H,11,12);/q;+1/p-1. The van der Waals surface area contributed by atoms with Crippen LogP contribution >= 0.6 is 7.37 Å². The molecule has 0 unspecified atom stereocenters. The molecule has 0 saturated heterocycles. The Morgan fingerprint density at radius 2 is 1.36 bits per heavy atom. The SMILES string of the molecule is O=C(O)CCP(=O)([O-])CCC(=O)O.[Na+]. The van der Waals surface area contributed by atoms with Crippen molar-refractivity contribution in [2.75, 3.05) is 12.3 Å². The molecular formula is C6H10NaO6P. The van der Waals surface area contributed by atoms with Crippen molar-refractivity contribution in [1.82, 2.24) is 0 Å². The van der Waals surface area contributed by atoms with E-state index in [0.29, 0.717) is 0 Å². The molecule has 0 aliphatic heterocycles.